The van der Waals surface area contributed by atoms with Gasteiger partial charge in [0.25, 0.3) is 0 Å². The topological polar surface area (TPSA) is 38.0 Å². The van der Waals surface area contributed by atoms with E-state index >= 15 is 0 Å². The van der Waals surface area contributed by atoms with E-state index in [4.69, 9.17) is 5.73 Å². The Morgan fingerprint density at radius 1 is 1.27 bits per heavy atom. The fourth-order valence-corrected chi connectivity index (χ4v) is 2.33. The number of aryl methyl sites for hydroxylation is 1. The Labute approximate surface area is 91.9 Å². The predicted molar refractivity (Wildman–Crippen MR) is 64.0 cm³/mol. The number of hydrogen-bond donors (Lipinski definition) is 2. The van der Waals surface area contributed by atoms with Gasteiger partial charge < -0.3 is 11.1 Å². The lowest BCUT2D eigenvalue weighted by molar-refractivity contribution is 0.337. The van der Waals surface area contributed by atoms with Gasteiger partial charge in [-0.2, -0.15) is 0 Å². The summed E-state index contributed by atoms with van der Waals surface area (Å²) in [6, 6.07) is 9.66. The molecule has 1 aromatic carbocycles. The second-order valence-electron chi connectivity index (χ2n) is 4.71. The molecule has 3 N–H and O–H groups in total. The van der Waals surface area contributed by atoms with E-state index in [-0.39, 0.29) is 0 Å². The van der Waals surface area contributed by atoms with Crippen molar-refractivity contribution in [1.82, 2.24) is 5.32 Å². The number of benzene rings is 1. The second-order valence-corrected chi connectivity index (χ2v) is 4.71. The molecule has 0 aliphatic carbocycles. The van der Waals surface area contributed by atoms with E-state index in [1.165, 1.54) is 11.1 Å². The van der Waals surface area contributed by atoms with Gasteiger partial charge in [-0.25, -0.2) is 0 Å². The van der Waals surface area contributed by atoms with Crippen LogP contribution in [0.2, 0.25) is 0 Å². The van der Waals surface area contributed by atoms with Crippen molar-refractivity contribution in [3.8, 4) is 0 Å². The number of hydrogen-bond acceptors (Lipinski definition) is 2. The van der Waals surface area contributed by atoms with E-state index < -0.39 is 0 Å². The zero-order chi connectivity index (χ0) is 10.8. The van der Waals surface area contributed by atoms with Crippen LogP contribution in [0.25, 0.3) is 0 Å². The van der Waals surface area contributed by atoms with Gasteiger partial charge in [-0.1, -0.05) is 29.8 Å². The minimum atomic E-state index is 0.299. The lowest BCUT2D eigenvalue weighted by Crippen LogP contribution is -2.48. The van der Waals surface area contributed by atoms with E-state index in [1.54, 1.807) is 0 Å². The van der Waals surface area contributed by atoms with Crippen molar-refractivity contribution in [1.29, 1.82) is 0 Å². The maximum absolute atomic E-state index is 5.99. The van der Waals surface area contributed by atoms with Gasteiger partial charge >= 0.3 is 0 Å². The van der Waals surface area contributed by atoms with Gasteiger partial charge in [-0.3, -0.25) is 0 Å². The average Bonchev–Trinajstić information content (AvgIpc) is 2.23. The molecule has 1 aliphatic rings. The molecule has 1 heterocycles. The summed E-state index contributed by atoms with van der Waals surface area (Å²) in [6.07, 6.45) is 1.09. The monoisotopic (exact) mass is 204 g/mol. The van der Waals surface area contributed by atoms with Gasteiger partial charge in [0.05, 0.1) is 0 Å². The second kappa shape index (κ2) is 4.33. The van der Waals surface area contributed by atoms with Gasteiger partial charge in [-0.05, 0) is 25.8 Å². The molecular weight excluding hydrogens is 184 g/mol. The minimum Gasteiger partial charge on any atom is -0.327 e. The zero-order valence-electron chi connectivity index (χ0n) is 9.53. The molecular formula is C13H20N2. The minimum absolute atomic E-state index is 0.299. The summed E-state index contributed by atoms with van der Waals surface area (Å²) in [5.74, 6) is 0.564. The SMILES string of the molecule is Cc1ccc(C2CC(N)CNC2C)cc1. The Bertz CT molecular complexity index is 318. The van der Waals surface area contributed by atoms with Crippen LogP contribution in [0.5, 0.6) is 0 Å². The third kappa shape index (κ3) is 2.39. The molecule has 1 fully saturated rings. The Morgan fingerprint density at radius 3 is 2.60 bits per heavy atom. The highest BCUT2D eigenvalue weighted by atomic mass is 15.0. The smallest absolute Gasteiger partial charge is 0.0171 e. The van der Waals surface area contributed by atoms with Crippen molar-refractivity contribution >= 4 is 0 Å². The highest BCUT2D eigenvalue weighted by Gasteiger charge is 2.26. The van der Waals surface area contributed by atoms with E-state index in [0.717, 1.165) is 13.0 Å². The summed E-state index contributed by atoms with van der Waals surface area (Å²) < 4.78 is 0. The molecule has 0 amide bonds. The molecule has 1 saturated heterocycles. The molecule has 2 nitrogen and oxygen atoms in total. The molecule has 82 valence electrons. The van der Waals surface area contributed by atoms with Crippen LogP contribution in [0.3, 0.4) is 0 Å². The third-order valence-corrected chi connectivity index (χ3v) is 3.37. The highest BCUT2D eigenvalue weighted by Crippen LogP contribution is 2.27. The van der Waals surface area contributed by atoms with Gasteiger partial charge in [0, 0.05) is 24.5 Å². The van der Waals surface area contributed by atoms with E-state index in [9.17, 15) is 0 Å². The van der Waals surface area contributed by atoms with Crippen molar-refractivity contribution < 1.29 is 0 Å². The molecule has 0 aromatic heterocycles. The summed E-state index contributed by atoms with van der Waals surface area (Å²) >= 11 is 0. The Morgan fingerprint density at radius 2 is 1.93 bits per heavy atom. The highest BCUT2D eigenvalue weighted by molar-refractivity contribution is 5.26. The van der Waals surface area contributed by atoms with E-state index in [2.05, 4.69) is 43.4 Å². The average molecular weight is 204 g/mol. The number of rotatable bonds is 1. The largest absolute Gasteiger partial charge is 0.327 e. The summed E-state index contributed by atoms with van der Waals surface area (Å²) in [5.41, 5.74) is 8.72. The first-order chi connectivity index (χ1) is 7.16. The predicted octanol–water partition coefficient (Wildman–Crippen LogP) is 1.79. The molecule has 0 spiro atoms. The van der Waals surface area contributed by atoms with Gasteiger partial charge in [-0.15, -0.1) is 0 Å². The van der Waals surface area contributed by atoms with Crippen LogP contribution >= 0.6 is 0 Å². The molecule has 0 radical (unpaired) electrons. The van der Waals surface area contributed by atoms with E-state index in [0.29, 0.717) is 18.0 Å². The van der Waals surface area contributed by atoms with Crippen molar-refractivity contribution in [2.75, 3.05) is 6.54 Å². The summed E-state index contributed by atoms with van der Waals surface area (Å²) in [4.78, 5) is 0. The van der Waals surface area contributed by atoms with Crippen molar-refractivity contribution in [3.05, 3.63) is 35.4 Å². The maximum Gasteiger partial charge on any atom is 0.0171 e. The maximum atomic E-state index is 5.99. The molecule has 0 bridgehead atoms. The number of nitrogens with two attached hydrogens (primary N) is 1. The van der Waals surface area contributed by atoms with Gasteiger partial charge in [0.15, 0.2) is 0 Å². The molecule has 0 saturated carbocycles. The Balaban J connectivity index is 2.17. The van der Waals surface area contributed by atoms with Crippen LogP contribution in [0, 0.1) is 6.92 Å². The molecule has 1 aliphatic heterocycles. The molecule has 1 aromatic rings. The normalized spacial score (nSPS) is 31.5. The molecule has 15 heavy (non-hydrogen) atoms. The van der Waals surface area contributed by atoms with Crippen molar-refractivity contribution in [3.63, 3.8) is 0 Å². The summed E-state index contributed by atoms with van der Waals surface area (Å²) in [6.45, 7) is 5.32. The molecule has 3 unspecified atom stereocenters. The number of piperidine rings is 1. The first-order valence-electron chi connectivity index (χ1n) is 5.72. The van der Waals surface area contributed by atoms with Crippen LogP contribution in [-0.4, -0.2) is 18.6 Å². The first kappa shape index (κ1) is 10.7. The lowest BCUT2D eigenvalue weighted by atomic mass is 9.83. The fourth-order valence-electron chi connectivity index (χ4n) is 2.33. The third-order valence-electron chi connectivity index (χ3n) is 3.37. The Kier molecular flexibility index (Phi) is 3.08. The standard InChI is InChI=1S/C13H20N2/c1-9-3-5-11(6-4-9)13-7-12(14)8-15-10(13)2/h3-6,10,12-13,15H,7-8,14H2,1-2H3. The van der Waals surface area contributed by atoms with Crippen LogP contribution < -0.4 is 11.1 Å². The van der Waals surface area contributed by atoms with Gasteiger partial charge in [0.2, 0.25) is 0 Å². The Hall–Kier alpha value is -0.860. The first-order valence-corrected chi connectivity index (χ1v) is 5.72. The lowest BCUT2D eigenvalue weighted by Gasteiger charge is -2.34. The van der Waals surface area contributed by atoms with Crippen molar-refractivity contribution in [2.24, 2.45) is 5.73 Å². The summed E-state index contributed by atoms with van der Waals surface area (Å²) in [5, 5.41) is 3.47. The van der Waals surface area contributed by atoms with Crippen LogP contribution in [0.1, 0.15) is 30.4 Å². The van der Waals surface area contributed by atoms with Crippen LogP contribution in [-0.2, 0) is 0 Å². The zero-order valence-corrected chi connectivity index (χ0v) is 9.53. The fraction of sp³-hybridized carbons (Fsp3) is 0.538. The quantitative estimate of drug-likeness (QED) is 0.732. The van der Waals surface area contributed by atoms with Crippen LogP contribution in [0.4, 0.5) is 0 Å². The molecule has 2 rings (SSSR count). The summed E-state index contributed by atoms with van der Waals surface area (Å²) in [7, 11) is 0. The van der Waals surface area contributed by atoms with Crippen LogP contribution in [0.15, 0.2) is 24.3 Å². The van der Waals surface area contributed by atoms with Crippen molar-refractivity contribution in [2.45, 2.75) is 38.3 Å². The number of nitrogens with one attached hydrogen (secondary N) is 1. The van der Waals surface area contributed by atoms with E-state index in [1.807, 2.05) is 0 Å². The molecule has 3 atom stereocenters. The molecule has 2 heteroatoms. The van der Waals surface area contributed by atoms with Gasteiger partial charge in [0.1, 0.15) is 0 Å².